The van der Waals surface area contributed by atoms with Gasteiger partial charge in [-0.05, 0) is 30.0 Å². The van der Waals surface area contributed by atoms with Crippen LogP contribution < -0.4 is 0 Å². The van der Waals surface area contributed by atoms with Gasteiger partial charge in [-0.15, -0.1) is 0 Å². The monoisotopic (exact) mass is 244 g/mol. The molecule has 0 aliphatic carbocycles. The third-order valence-corrected chi connectivity index (χ3v) is 2.85. The summed E-state index contributed by atoms with van der Waals surface area (Å²) in [6.07, 6.45) is 0.368. The molecule has 88 valence electrons. The van der Waals surface area contributed by atoms with E-state index in [1.54, 1.807) is 6.07 Å². The fourth-order valence-corrected chi connectivity index (χ4v) is 1.73. The van der Waals surface area contributed by atoms with Gasteiger partial charge in [-0.1, -0.05) is 31.5 Å². The first-order valence-electron chi connectivity index (χ1n) is 5.08. The highest BCUT2D eigenvalue weighted by Crippen LogP contribution is 2.21. The molecule has 4 heteroatoms. The van der Waals surface area contributed by atoms with Crippen LogP contribution in [-0.4, -0.2) is 11.1 Å². The number of benzene rings is 1. The van der Waals surface area contributed by atoms with Crippen LogP contribution in [0.2, 0.25) is 5.02 Å². The Hall–Kier alpha value is -1.09. The lowest BCUT2D eigenvalue weighted by Crippen LogP contribution is -2.22. The quantitative estimate of drug-likeness (QED) is 0.882. The highest BCUT2D eigenvalue weighted by atomic mass is 35.5. The molecule has 0 bridgehead atoms. The van der Waals surface area contributed by atoms with Crippen LogP contribution in [0.25, 0.3) is 0 Å². The van der Waals surface area contributed by atoms with Crippen LogP contribution in [-0.2, 0) is 11.2 Å². The van der Waals surface area contributed by atoms with Crippen LogP contribution in [0.3, 0.4) is 0 Å². The van der Waals surface area contributed by atoms with Gasteiger partial charge in [-0.3, -0.25) is 4.79 Å². The number of carboxylic acid groups (broad SMARTS) is 1. The van der Waals surface area contributed by atoms with E-state index in [1.807, 2.05) is 13.8 Å². The van der Waals surface area contributed by atoms with Gasteiger partial charge in [0.15, 0.2) is 0 Å². The molecule has 0 amide bonds. The van der Waals surface area contributed by atoms with Crippen LogP contribution in [0.5, 0.6) is 0 Å². The standard InChI is InChI=1S/C12H14ClFO2/c1-7(2)9(12(15)16)5-8-3-4-11(14)10(13)6-8/h3-4,6-7,9H,5H2,1-2H3,(H,15,16). The molecule has 16 heavy (non-hydrogen) atoms. The van der Waals surface area contributed by atoms with Gasteiger partial charge in [0, 0.05) is 0 Å². The summed E-state index contributed by atoms with van der Waals surface area (Å²) < 4.78 is 12.9. The molecule has 0 aliphatic rings. The first-order valence-corrected chi connectivity index (χ1v) is 5.46. The molecule has 0 spiro atoms. The number of carbonyl (C=O) groups is 1. The van der Waals surface area contributed by atoms with E-state index in [1.165, 1.54) is 12.1 Å². The Bertz CT molecular complexity index is 391. The second kappa shape index (κ2) is 5.30. The minimum Gasteiger partial charge on any atom is -0.481 e. The Morgan fingerprint density at radius 2 is 2.12 bits per heavy atom. The Kier molecular flexibility index (Phi) is 4.30. The van der Waals surface area contributed by atoms with Gasteiger partial charge >= 0.3 is 5.97 Å². The number of rotatable bonds is 4. The van der Waals surface area contributed by atoms with E-state index >= 15 is 0 Å². The summed E-state index contributed by atoms with van der Waals surface area (Å²) in [5.41, 5.74) is 0.743. The zero-order chi connectivity index (χ0) is 12.3. The normalized spacial score (nSPS) is 12.8. The van der Waals surface area contributed by atoms with Gasteiger partial charge in [0.1, 0.15) is 5.82 Å². The first kappa shape index (κ1) is 13.0. The summed E-state index contributed by atoms with van der Waals surface area (Å²) in [4.78, 5) is 11.0. The third-order valence-electron chi connectivity index (χ3n) is 2.56. The van der Waals surface area contributed by atoms with E-state index in [0.717, 1.165) is 5.56 Å². The molecular weight excluding hydrogens is 231 g/mol. The molecule has 1 aromatic carbocycles. The molecule has 0 radical (unpaired) electrons. The van der Waals surface area contributed by atoms with E-state index in [9.17, 15) is 9.18 Å². The van der Waals surface area contributed by atoms with Crippen molar-refractivity contribution in [3.05, 3.63) is 34.6 Å². The maximum Gasteiger partial charge on any atom is 0.307 e. The van der Waals surface area contributed by atoms with Crippen molar-refractivity contribution in [2.45, 2.75) is 20.3 Å². The zero-order valence-electron chi connectivity index (χ0n) is 9.21. The van der Waals surface area contributed by atoms with Crippen molar-refractivity contribution in [3.8, 4) is 0 Å². The molecule has 1 atom stereocenters. The number of halogens is 2. The van der Waals surface area contributed by atoms with Crippen molar-refractivity contribution < 1.29 is 14.3 Å². The van der Waals surface area contributed by atoms with E-state index in [4.69, 9.17) is 16.7 Å². The van der Waals surface area contributed by atoms with Crippen LogP contribution >= 0.6 is 11.6 Å². The topological polar surface area (TPSA) is 37.3 Å². The predicted molar refractivity (Wildman–Crippen MR) is 61.1 cm³/mol. The smallest absolute Gasteiger partial charge is 0.307 e. The predicted octanol–water partition coefficient (Wildman–Crippen LogP) is 3.38. The van der Waals surface area contributed by atoms with Crippen molar-refractivity contribution in [1.82, 2.24) is 0 Å². The van der Waals surface area contributed by atoms with Crippen molar-refractivity contribution in [3.63, 3.8) is 0 Å². The lowest BCUT2D eigenvalue weighted by atomic mass is 9.89. The molecule has 1 rings (SSSR count). The van der Waals surface area contributed by atoms with Gasteiger partial charge in [0.05, 0.1) is 10.9 Å². The molecule has 0 fully saturated rings. The molecular formula is C12H14ClFO2. The van der Waals surface area contributed by atoms with E-state index < -0.39 is 17.7 Å². The molecule has 1 N–H and O–H groups in total. The van der Waals surface area contributed by atoms with E-state index in [2.05, 4.69) is 0 Å². The minimum atomic E-state index is -0.838. The first-order chi connectivity index (χ1) is 7.41. The maximum atomic E-state index is 12.9. The summed E-state index contributed by atoms with van der Waals surface area (Å²) in [5, 5.41) is 9.05. The Morgan fingerprint density at radius 1 is 1.50 bits per heavy atom. The van der Waals surface area contributed by atoms with Crippen molar-refractivity contribution in [2.75, 3.05) is 0 Å². The lowest BCUT2D eigenvalue weighted by Gasteiger charge is -2.16. The van der Waals surface area contributed by atoms with Crippen molar-refractivity contribution >= 4 is 17.6 Å². The number of hydrogen-bond acceptors (Lipinski definition) is 1. The molecule has 0 heterocycles. The summed E-state index contributed by atoms with van der Waals surface area (Å²) >= 11 is 5.63. The third kappa shape index (κ3) is 3.20. The van der Waals surface area contributed by atoms with Gasteiger partial charge in [-0.25, -0.2) is 4.39 Å². The fraction of sp³-hybridized carbons (Fsp3) is 0.417. The highest BCUT2D eigenvalue weighted by molar-refractivity contribution is 6.30. The molecule has 1 aromatic rings. The number of carboxylic acids is 1. The average molecular weight is 245 g/mol. The fourth-order valence-electron chi connectivity index (χ4n) is 1.53. The SMILES string of the molecule is CC(C)C(Cc1ccc(F)c(Cl)c1)C(=O)O. The van der Waals surface area contributed by atoms with Crippen molar-refractivity contribution in [1.29, 1.82) is 0 Å². The number of aliphatic carboxylic acids is 1. The maximum absolute atomic E-state index is 12.9. The van der Waals surface area contributed by atoms with E-state index in [0.29, 0.717) is 6.42 Å². The molecule has 0 aliphatic heterocycles. The molecule has 0 aromatic heterocycles. The van der Waals surface area contributed by atoms with Crippen molar-refractivity contribution in [2.24, 2.45) is 11.8 Å². The molecule has 0 saturated carbocycles. The summed E-state index contributed by atoms with van der Waals surface area (Å²) in [7, 11) is 0. The van der Waals surface area contributed by atoms with Gasteiger partial charge in [0.2, 0.25) is 0 Å². The highest BCUT2D eigenvalue weighted by Gasteiger charge is 2.21. The largest absolute Gasteiger partial charge is 0.481 e. The lowest BCUT2D eigenvalue weighted by molar-refractivity contribution is -0.143. The van der Waals surface area contributed by atoms with Gasteiger partial charge in [0.25, 0.3) is 0 Å². The average Bonchev–Trinajstić information content (AvgIpc) is 2.18. The van der Waals surface area contributed by atoms with Crippen LogP contribution in [0, 0.1) is 17.7 Å². The molecule has 0 saturated heterocycles. The summed E-state index contributed by atoms with van der Waals surface area (Å²) in [5.74, 6) is -1.76. The summed E-state index contributed by atoms with van der Waals surface area (Å²) in [6, 6.07) is 4.31. The second-order valence-corrected chi connectivity index (χ2v) is 4.55. The molecule has 1 unspecified atom stereocenters. The van der Waals surface area contributed by atoms with E-state index in [-0.39, 0.29) is 10.9 Å². The molecule has 2 nitrogen and oxygen atoms in total. The zero-order valence-corrected chi connectivity index (χ0v) is 9.96. The Morgan fingerprint density at radius 3 is 2.56 bits per heavy atom. The minimum absolute atomic E-state index is 0.0290. The van der Waals surface area contributed by atoms with Crippen LogP contribution in [0.4, 0.5) is 4.39 Å². The van der Waals surface area contributed by atoms with Crippen LogP contribution in [0.15, 0.2) is 18.2 Å². The Balaban J connectivity index is 2.86. The summed E-state index contributed by atoms with van der Waals surface area (Å²) in [6.45, 7) is 3.70. The van der Waals surface area contributed by atoms with Gasteiger partial charge in [-0.2, -0.15) is 0 Å². The number of hydrogen-bond donors (Lipinski definition) is 1. The van der Waals surface area contributed by atoms with Crippen LogP contribution in [0.1, 0.15) is 19.4 Å². The second-order valence-electron chi connectivity index (χ2n) is 4.14. The van der Waals surface area contributed by atoms with Gasteiger partial charge < -0.3 is 5.11 Å². The Labute approximate surface area is 99.0 Å².